The molecule has 0 radical (unpaired) electrons. The molecule has 0 unspecified atom stereocenters. The number of para-hydroxylation sites is 2. The van der Waals surface area contributed by atoms with Gasteiger partial charge in [0.2, 0.25) is 0 Å². The van der Waals surface area contributed by atoms with Crippen LogP contribution in [0.2, 0.25) is 0 Å². The van der Waals surface area contributed by atoms with Crippen molar-refractivity contribution in [2.24, 2.45) is 0 Å². The van der Waals surface area contributed by atoms with Crippen LogP contribution < -0.4 is 0 Å². The lowest BCUT2D eigenvalue weighted by Gasteiger charge is -2.18. The fourth-order valence-corrected chi connectivity index (χ4v) is 14.1. The highest BCUT2D eigenvalue weighted by molar-refractivity contribution is 6.13. The minimum absolute atomic E-state index is 0.223. The summed E-state index contributed by atoms with van der Waals surface area (Å²) < 4.78 is 4.47. The molecular formula is C90H48N14. The average molecular weight is 1330 g/mol. The molecule has 17 aromatic rings. The second-order valence-electron chi connectivity index (χ2n) is 24.9. The summed E-state index contributed by atoms with van der Waals surface area (Å²) >= 11 is 0. The first-order valence-electron chi connectivity index (χ1n) is 33.2. The summed E-state index contributed by atoms with van der Waals surface area (Å²) in [5, 5.41) is 65.4. The van der Waals surface area contributed by atoms with Gasteiger partial charge in [0, 0.05) is 77.3 Å². The molecule has 4 heterocycles. The maximum atomic E-state index is 10.5. The highest BCUT2D eigenvalue weighted by Crippen LogP contribution is 2.44. The lowest BCUT2D eigenvalue weighted by atomic mass is 9.92. The van der Waals surface area contributed by atoms with Crippen LogP contribution in [-0.4, -0.2) is 39.0 Å². The van der Waals surface area contributed by atoms with E-state index < -0.39 is 0 Å². The van der Waals surface area contributed by atoms with Gasteiger partial charge in [-0.25, -0.2) is 29.9 Å². The molecular weight excluding hydrogens is 1280 g/mol. The number of nitriles is 6. The Balaban J connectivity index is 0.912. The van der Waals surface area contributed by atoms with Crippen molar-refractivity contribution >= 4 is 43.6 Å². The van der Waals surface area contributed by atoms with Crippen molar-refractivity contribution in [3.05, 3.63) is 325 Å². The minimum Gasteiger partial charge on any atom is -0.309 e. The van der Waals surface area contributed by atoms with Crippen molar-refractivity contribution in [2.45, 2.75) is 0 Å². The molecule has 0 aliphatic rings. The Morgan fingerprint density at radius 2 is 0.567 bits per heavy atom. The van der Waals surface area contributed by atoms with E-state index in [2.05, 4.69) is 124 Å². The monoisotopic (exact) mass is 1320 g/mol. The molecule has 0 N–H and O–H groups in total. The number of benzene rings is 13. The van der Waals surface area contributed by atoms with Crippen LogP contribution in [-0.2, 0) is 0 Å². The standard InChI is InChI=1S/C90H48N14/c91-49-55-38-68(51-93)83(69(39-55)52-94)63-32-35-81-76(46-63)73-28-13-15-30-78(73)103(81)72-44-66(43-67(45-72)90-101-87(59-22-9-3-10-23-59)98-88(102-90)60-24-11-4-12-25-60)61-26-17-27-62(42-61)75-48-65(89-99-85(57-18-5-1-6-19-57)97-86(100-89)58-20-7-2-8-21-58)34-37-80(75)104-79-31-16-14-29-74(79)77-47-64(33-36-82(77)104)84-70(53-95)40-56(50-92)41-71(84)54-96/h1-48H. The second-order valence-corrected chi connectivity index (χ2v) is 24.9. The highest BCUT2D eigenvalue weighted by atomic mass is 15.1. The first kappa shape index (κ1) is 62.0. The van der Waals surface area contributed by atoms with Gasteiger partial charge in [0.05, 0.1) is 97.6 Å². The SMILES string of the molecule is N#Cc1cc(C#N)c(-c2ccc3c(c2)c2ccccc2n3-c2cc(-c3cccc(-c4cc(-c5nc(-c6ccccc6)nc(-c6ccccc6)n5)ccc4-n4c5ccccc5c5cc(-c6c(C#N)cc(C#N)cc6C#N)ccc54)c3)cc(-c3nc(-c4ccccc4)nc(-c4ccccc4)n3)c2)c(C#N)c1. The normalized spacial score (nSPS) is 11.0. The number of rotatable bonds is 12. The molecule has 17 rings (SSSR count). The third-order valence-electron chi connectivity index (χ3n) is 18.8. The third-order valence-corrected chi connectivity index (χ3v) is 18.8. The molecule has 0 aliphatic carbocycles. The van der Waals surface area contributed by atoms with Gasteiger partial charge in [0.25, 0.3) is 0 Å². The minimum atomic E-state index is 0.223. The molecule has 0 bridgehead atoms. The van der Waals surface area contributed by atoms with E-state index in [1.54, 1.807) is 0 Å². The van der Waals surface area contributed by atoms with Crippen molar-refractivity contribution in [3.8, 4) is 161 Å². The Morgan fingerprint density at radius 3 is 1.01 bits per heavy atom. The van der Waals surface area contributed by atoms with E-state index in [-0.39, 0.29) is 33.4 Å². The molecule has 14 nitrogen and oxygen atoms in total. The third kappa shape index (κ3) is 11.0. The van der Waals surface area contributed by atoms with Crippen LogP contribution in [0.1, 0.15) is 33.4 Å². The molecule has 4 aromatic heterocycles. The van der Waals surface area contributed by atoms with Gasteiger partial charge in [-0.1, -0.05) is 188 Å². The van der Waals surface area contributed by atoms with Crippen molar-refractivity contribution in [1.82, 2.24) is 39.0 Å². The summed E-state index contributed by atoms with van der Waals surface area (Å²) in [6.45, 7) is 0. The van der Waals surface area contributed by atoms with Gasteiger partial charge in [0.15, 0.2) is 34.9 Å². The van der Waals surface area contributed by atoms with Gasteiger partial charge < -0.3 is 9.13 Å². The van der Waals surface area contributed by atoms with E-state index in [4.69, 9.17) is 29.9 Å². The van der Waals surface area contributed by atoms with Gasteiger partial charge in [0.1, 0.15) is 0 Å². The first-order valence-corrected chi connectivity index (χ1v) is 33.2. The number of fused-ring (bicyclic) bond motifs is 6. The van der Waals surface area contributed by atoms with Crippen LogP contribution >= 0.6 is 0 Å². The van der Waals surface area contributed by atoms with Crippen LogP contribution in [0.25, 0.3) is 168 Å². The zero-order valence-corrected chi connectivity index (χ0v) is 55.0. The Morgan fingerprint density at radius 1 is 0.221 bits per heavy atom. The molecule has 0 saturated carbocycles. The van der Waals surface area contributed by atoms with Crippen LogP contribution in [0.4, 0.5) is 0 Å². The quantitative estimate of drug-likeness (QED) is 0.111. The van der Waals surface area contributed by atoms with Crippen molar-refractivity contribution in [1.29, 1.82) is 31.6 Å². The summed E-state index contributed by atoms with van der Waals surface area (Å²) in [4.78, 5) is 31.2. The molecule has 13 aromatic carbocycles. The zero-order valence-electron chi connectivity index (χ0n) is 55.0. The molecule has 0 fully saturated rings. The van der Waals surface area contributed by atoms with E-state index in [1.165, 1.54) is 24.3 Å². The van der Waals surface area contributed by atoms with Crippen LogP contribution in [0.3, 0.4) is 0 Å². The maximum absolute atomic E-state index is 10.5. The maximum Gasteiger partial charge on any atom is 0.164 e. The molecule has 0 spiro atoms. The lowest BCUT2D eigenvalue weighted by Crippen LogP contribution is -2.02. The van der Waals surface area contributed by atoms with Gasteiger partial charge in [-0.2, -0.15) is 31.6 Å². The topological polar surface area (TPSA) is 230 Å². The predicted octanol–water partition coefficient (Wildman–Crippen LogP) is 20.2. The molecule has 0 aliphatic heterocycles. The average Bonchev–Trinajstić information content (AvgIpc) is 1.57. The molecule has 0 amide bonds. The summed E-state index contributed by atoms with van der Waals surface area (Å²) in [5.41, 5.74) is 16.7. The van der Waals surface area contributed by atoms with Crippen LogP contribution in [0.5, 0.6) is 0 Å². The number of hydrogen-bond donors (Lipinski definition) is 0. The second kappa shape index (κ2) is 26.0. The van der Waals surface area contributed by atoms with Gasteiger partial charge in [-0.05, 0) is 131 Å². The summed E-state index contributed by atoms with van der Waals surface area (Å²) in [5.74, 6) is 2.92. The van der Waals surface area contributed by atoms with E-state index in [1.807, 2.05) is 188 Å². The Kier molecular flexibility index (Phi) is 15.5. The van der Waals surface area contributed by atoms with E-state index in [9.17, 15) is 31.6 Å². The molecule has 104 heavy (non-hydrogen) atoms. The smallest absolute Gasteiger partial charge is 0.164 e. The van der Waals surface area contributed by atoms with Crippen LogP contribution in [0.15, 0.2) is 291 Å². The van der Waals surface area contributed by atoms with Gasteiger partial charge >= 0.3 is 0 Å². The number of aromatic nitrogens is 8. The molecule has 14 heteroatoms. The predicted molar refractivity (Wildman–Crippen MR) is 405 cm³/mol. The summed E-state index contributed by atoms with van der Waals surface area (Å²) in [6, 6.07) is 108. The Labute approximate surface area is 596 Å². The van der Waals surface area contributed by atoms with Gasteiger partial charge in [-0.3, -0.25) is 0 Å². The van der Waals surface area contributed by atoms with E-state index >= 15 is 0 Å². The van der Waals surface area contributed by atoms with Crippen LogP contribution in [0, 0.1) is 68.0 Å². The molecule has 478 valence electrons. The van der Waals surface area contributed by atoms with Crippen molar-refractivity contribution in [3.63, 3.8) is 0 Å². The first-order chi connectivity index (χ1) is 51.2. The van der Waals surface area contributed by atoms with Gasteiger partial charge in [-0.15, -0.1) is 0 Å². The number of nitrogens with zero attached hydrogens (tertiary/aromatic N) is 14. The fraction of sp³-hybridized carbons (Fsp3) is 0. The van der Waals surface area contributed by atoms with Crippen molar-refractivity contribution < 1.29 is 0 Å². The Bertz CT molecular complexity index is 6490. The van der Waals surface area contributed by atoms with Crippen molar-refractivity contribution in [2.75, 3.05) is 0 Å². The van der Waals surface area contributed by atoms with E-state index in [0.29, 0.717) is 62.8 Å². The molecule has 0 atom stereocenters. The largest absolute Gasteiger partial charge is 0.309 e. The fourth-order valence-electron chi connectivity index (χ4n) is 14.1. The summed E-state index contributed by atoms with van der Waals surface area (Å²) in [6.07, 6.45) is 0. The summed E-state index contributed by atoms with van der Waals surface area (Å²) in [7, 11) is 0. The number of hydrogen-bond acceptors (Lipinski definition) is 12. The zero-order chi connectivity index (χ0) is 70.4. The Hall–Kier alpha value is -15.6. The van der Waals surface area contributed by atoms with E-state index in [0.717, 1.165) is 105 Å². The lowest BCUT2D eigenvalue weighted by molar-refractivity contribution is 1.07. The molecule has 0 saturated heterocycles. The highest BCUT2D eigenvalue weighted by Gasteiger charge is 2.25.